The van der Waals surface area contributed by atoms with Crippen LogP contribution in [-0.2, 0) is 19.1 Å². The first kappa shape index (κ1) is 30.1. The monoisotopic (exact) mass is 579 g/mol. The molecule has 1 atom stereocenters. The molecule has 0 bridgehead atoms. The number of aromatic nitrogens is 3. The number of rotatable bonds is 12. The number of carbonyl (C=O) groups is 3. The highest BCUT2D eigenvalue weighted by Crippen LogP contribution is 2.30. The molecule has 11 heteroatoms. The van der Waals surface area contributed by atoms with E-state index in [9.17, 15) is 14.4 Å². The minimum Gasteiger partial charge on any atom is -0.497 e. The molecule has 10 nitrogen and oxygen atoms in total. The summed E-state index contributed by atoms with van der Waals surface area (Å²) in [6, 6.07) is 17.6. The van der Waals surface area contributed by atoms with E-state index in [4.69, 9.17) is 9.47 Å². The Morgan fingerprint density at radius 3 is 2.51 bits per heavy atom. The molecule has 4 rings (SSSR count). The van der Waals surface area contributed by atoms with Gasteiger partial charge in [0.05, 0.1) is 20.1 Å². The predicted octanol–water partition coefficient (Wildman–Crippen LogP) is 4.22. The van der Waals surface area contributed by atoms with Gasteiger partial charge in [0.25, 0.3) is 0 Å². The number of amides is 2. The zero-order valence-electron chi connectivity index (χ0n) is 23.8. The third-order valence-corrected chi connectivity index (χ3v) is 7.91. The number of hydrogen-bond acceptors (Lipinski definition) is 8. The van der Waals surface area contributed by atoms with Crippen molar-refractivity contribution in [2.24, 2.45) is 0 Å². The molecule has 1 aromatic heterocycles. The molecular formula is C30H37N5O5S. The van der Waals surface area contributed by atoms with Crippen molar-refractivity contribution in [1.82, 2.24) is 24.6 Å². The van der Waals surface area contributed by atoms with Crippen LogP contribution in [0, 0.1) is 0 Å². The molecule has 218 valence electrons. The van der Waals surface area contributed by atoms with E-state index >= 15 is 0 Å². The third kappa shape index (κ3) is 7.87. The van der Waals surface area contributed by atoms with Crippen LogP contribution in [0.25, 0.3) is 17.1 Å². The highest BCUT2D eigenvalue weighted by Gasteiger charge is 2.29. The van der Waals surface area contributed by atoms with Gasteiger partial charge < -0.3 is 19.3 Å². The first-order valence-electron chi connectivity index (χ1n) is 13.9. The summed E-state index contributed by atoms with van der Waals surface area (Å²) in [5, 5.41) is 9.72. The van der Waals surface area contributed by atoms with Gasteiger partial charge in [-0.2, -0.15) is 0 Å². The van der Waals surface area contributed by atoms with Crippen LogP contribution >= 0.6 is 11.8 Å². The van der Waals surface area contributed by atoms with Crippen molar-refractivity contribution in [2.45, 2.75) is 50.7 Å². The lowest BCUT2D eigenvalue weighted by molar-refractivity contribution is -0.147. The highest BCUT2D eigenvalue weighted by molar-refractivity contribution is 7.99. The van der Waals surface area contributed by atoms with Crippen LogP contribution in [0.1, 0.15) is 39.5 Å². The van der Waals surface area contributed by atoms with Crippen molar-refractivity contribution < 1.29 is 23.9 Å². The molecule has 2 amide bonds. The average molecular weight is 580 g/mol. The molecule has 2 heterocycles. The number of para-hydroxylation sites is 1. The Kier molecular flexibility index (Phi) is 10.8. The molecule has 0 aliphatic carbocycles. The summed E-state index contributed by atoms with van der Waals surface area (Å²) in [5.41, 5.74) is 1.85. The van der Waals surface area contributed by atoms with Crippen LogP contribution in [0.3, 0.4) is 0 Å². The number of nitrogens with zero attached hydrogens (tertiary/aromatic N) is 5. The van der Waals surface area contributed by atoms with Gasteiger partial charge in [-0.25, -0.2) is 0 Å². The van der Waals surface area contributed by atoms with E-state index in [1.807, 2.05) is 71.0 Å². The Bertz CT molecular complexity index is 1330. The Morgan fingerprint density at radius 1 is 0.976 bits per heavy atom. The van der Waals surface area contributed by atoms with E-state index in [0.29, 0.717) is 44.8 Å². The van der Waals surface area contributed by atoms with Gasteiger partial charge in [0.2, 0.25) is 11.8 Å². The number of piperazine rings is 1. The fraction of sp³-hybridized carbons (Fsp3) is 0.433. The number of carbonyl (C=O) groups excluding carboxylic acids is 3. The summed E-state index contributed by atoms with van der Waals surface area (Å²) in [7, 11) is 1.64. The molecule has 1 aliphatic heterocycles. The van der Waals surface area contributed by atoms with Crippen LogP contribution in [0.5, 0.6) is 5.75 Å². The van der Waals surface area contributed by atoms with Crippen LogP contribution in [0.15, 0.2) is 59.8 Å². The fourth-order valence-electron chi connectivity index (χ4n) is 4.81. The summed E-state index contributed by atoms with van der Waals surface area (Å²) in [6.45, 7) is 5.44. The summed E-state index contributed by atoms with van der Waals surface area (Å²) < 4.78 is 12.3. The Morgan fingerprint density at radius 2 is 1.78 bits per heavy atom. The number of hydrogen-bond donors (Lipinski definition) is 0. The minimum absolute atomic E-state index is 0.0786. The molecule has 0 spiro atoms. The Hall–Kier alpha value is -3.86. The van der Waals surface area contributed by atoms with Crippen molar-refractivity contribution in [2.75, 3.05) is 39.1 Å². The summed E-state index contributed by atoms with van der Waals surface area (Å²) in [4.78, 5) is 40.7. The van der Waals surface area contributed by atoms with E-state index < -0.39 is 0 Å². The van der Waals surface area contributed by atoms with Gasteiger partial charge in [0.1, 0.15) is 5.75 Å². The third-order valence-electron chi connectivity index (χ3n) is 6.89. The largest absolute Gasteiger partial charge is 0.497 e. The molecule has 0 N–H and O–H groups in total. The van der Waals surface area contributed by atoms with E-state index in [2.05, 4.69) is 10.2 Å². The van der Waals surface area contributed by atoms with E-state index in [1.54, 1.807) is 30.7 Å². The summed E-state index contributed by atoms with van der Waals surface area (Å²) in [5.74, 6) is 1.81. The second-order valence-electron chi connectivity index (χ2n) is 9.74. The second-order valence-corrected chi connectivity index (χ2v) is 10.8. The van der Waals surface area contributed by atoms with Crippen LogP contribution in [0.4, 0.5) is 0 Å². The van der Waals surface area contributed by atoms with Crippen molar-refractivity contribution in [3.63, 3.8) is 0 Å². The fourth-order valence-corrected chi connectivity index (χ4v) is 5.70. The van der Waals surface area contributed by atoms with Crippen molar-refractivity contribution in [3.8, 4) is 22.8 Å². The Balaban J connectivity index is 1.31. The van der Waals surface area contributed by atoms with E-state index in [0.717, 1.165) is 28.0 Å². The molecular weight excluding hydrogens is 542 g/mol. The average Bonchev–Trinajstić information content (AvgIpc) is 3.42. The number of methoxy groups -OCH3 is 1. The molecule has 0 saturated carbocycles. The van der Waals surface area contributed by atoms with E-state index in [-0.39, 0.29) is 36.7 Å². The molecule has 0 radical (unpaired) electrons. The molecule has 1 saturated heterocycles. The smallest absolute Gasteiger partial charge is 0.306 e. The lowest BCUT2D eigenvalue weighted by Crippen LogP contribution is -2.55. The first-order valence-corrected chi connectivity index (χ1v) is 14.9. The predicted molar refractivity (Wildman–Crippen MR) is 157 cm³/mol. The van der Waals surface area contributed by atoms with Crippen LogP contribution in [0.2, 0.25) is 0 Å². The van der Waals surface area contributed by atoms with Gasteiger partial charge in [-0.3, -0.25) is 19.0 Å². The normalized spacial score (nSPS) is 15.0. The molecule has 1 unspecified atom stereocenters. The quantitative estimate of drug-likeness (QED) is 0.178. The number of benzene rings is 2. The molecule has 41 heavy (non-hydrogen) atoms. The first-order chi connectivity index (χ1) is 19.9. The van der Waals surface area contributed by atoms with Gasteiger partial charge in [-0.1, -0.05) is 42.1 Å². The standard InChI is InChI=1S/C30H37N5O5S/c1-4-40-28(38)16-15-27(37)34-18-17-33(21-22(34)2)26(36)14-9-19-41-30-32-31-29(23-10-8-13-25(20-23)39-3)35(30)24-11-6-5-7-12-24/h5-8,10-13,20,22H,4,9,14-19,21H2,1-3H3. The zero-order valence-corrected chi connectivity index (χ0v) is 24.6. The molecule has 1 fully saturated rings. The van der Waals surface area contributed by atoms with Gasteiger partial charge in [0.15, 0.2) is 11.0 Å². The number of esters is 1. The maximum absolute atomic E-state index is 13.0. The molecule has 3 aromatic rings. The maximum Gasteiger partial charge on any atom is 0.306 e. The highest BCUT2D eigenvalue weighted by atomic mass is 32.2. The van der Waals surface area contributed by atoms with Crippen molar-refractivity contribution in [3.05, 3.63) is 54.6 Å². The van der Waals surface area contributed by atoms with Gasteiger partial charge in [-0.15, -0.1) is 10.2 Å². The number of ether oxygens (including phenoxy) is 2. The topological polar surface area (TPSA) is 107 Å². The maximum atomic E-state index is 13.0. The van der Waals surface area contributed by atoms with Gasteiger partial charge in [-0.05, 0) is 44.5 Å². The second kappa shape index (κ2) is 14.7. The zero-order chi connectivity index (χ0) is 29.2. The lowest BCUT2D eigenvalue weighted by Gasteiger charge is -2.40. The molecule has 2 aromatic carbocycles. The minimum atomic E-state index is -0.362. The summed E-state index contributed by atoms with van der Waals surface area (Å²) >= 11 is 1.57. The van der Waals surface area contributed by atoms with Crippen LogP contribution in [-0.4, -0.2) is 87.5 Å². The molecule has 1 aliphatic rings. The van der Waals surface area contributed by atoms with Gasteiger partial charge >= 0.3 is 5.97 Å². The van der Waals surface area contributed by atoms with Gasteiger partial charge in [0, 0.05) is 55.5 Å². The van der Waals surface area contributed by atoms with E-state index in [1.165, 1.54) is 0 Å². The summed E-state index contributed by atoms with van der Waals surface area (Å²) in [6.07, 6.45) is 1.31. The van der Waals surface area contributed by atoms with Crippen LogP contribution < -0.4 is 4.74 Å². The van der Waals surface area contributed by atoms with Crippen molar-refractivity contribution >= 4 is 29.5 Å². The SMILES string of the molecule is CCOC(=O)CCC(=O)N1CCN(C(=O)CCCSc2nnc(-c3cccc(OC)c3)n2-c2ccccc2)CC1C. The Labute approximate surface area is 245 Å². The number of thioether (sulfide) groups is 1. The lowest BCUT2D eigenvalue weighted by atomic mass is 10.1. The van der Waals surface area contributed by atoms with Crippen molar-refractivity contribution in [1.29, 1.82) is 0 Å².